The first-order valence-corrected chi connectivity index (χ1v) is 11.3. The van der Waals surface area contributed by atoms with Crippen LogP contribution in [0.1, 0.15) is 57.6 Å². The molecule has 0 heterocycles. The van der Waals surface area contributed by atoms with E-state index in [4.69, 9.17) is 9.47 Å². The summed E-state index contributed by atoms with van der Waals surface area (Å²) >= 11 is 0. The van der Waals surface area contributed by atoms with E-state index in [0.29, 0.717) is 25.3 Å². The molecule has 2 aromatic carbocycles. The molecular formula is C26H36N2O4. The molecular weight excluding hydrogens is 404 g/mol. The Morgan fingerprint density at radius 3 is 2.31 bits per heavy atom. The van der Waals surface area contributed by atoms with Gasteiger partial charge in [0.05, 0.1) is 7.11 Å². The highest BCUT2D eigenvalue weighted by molar-refractivity contribution is 5.88. The predicted molar refractivity (Wildman–Crippen MR) is 127 cm³/mol. The number of amides is 2. The van der Waals surface area contributed by atoms with Gasteiger partial charge in [0.2, 0.25) is 5.91 Å². The van der Waals surface area contributed by atoms with Crippen molar-refractivity contribution < 1.29 is 19.1 Å². The molecule has 0 bridgehead atoms. The molecule has 0 aliphatic rings. The molecule has 2 rings (SSSR count). The molecule has 0 radical (unpaired) electrons. The molecule has 6 heteroatoms. The summed E-state index contributed by atoms with van der Waals surface area (Å²) in [5, 5.41) is 2.93. The molecule has 174 valence electrons. The number of carbonyl (C=O) groups excluding carboxylic acids is 2. The lowest BCUT2D eigenvalue weighted by molar-refractivity contribution is -0.143. The fourth-order valence-corrected chi connectivity index (χ4v) is 3.52. The van der Waals surface area contributed by atoms with Gasteiger partial charge in [-0.1, -0.05) is 58.0 Å². The van der Waals surface area contributed by atoms with Crippen LogP contribution in [0.5, 0.6) is 11.5 Å². The second kappa shape index (κ2) is 12.7. The van der Waals surface area contributed by atoms with Gasteiger partial charge in [-0.05, 0) is 48.1 Å². The Hall–Kier alpha value is -3.02. The molecule has 0 unspecified atom stereocenters. The molecule has 0 aliphatic carbocycles. The van der Waals surface area contributed by atoms with Crippen molar-refractivity contribution >= 4 is 11.8 Å². The zero-order valence-electron chi connectivity index (χ0n) is 19.9. The SMILES string of the molecule is CCCNC(=O)[C@H](CC)N(Cc1ccc(OC)cc1)C(=O)COc1ccccc1C(C)C. The smallest absolute Gasteiger partial charge is 0.261 e. The maximum atomic E-state index is 13.3. The summed E-state index contributed by atoms with van der Waals surface area (Å²) in [5.41, 5.74) is 1.97. The molecule has 0 saturated carbocycles. The highest BCUT2D eigenvalue weighted by atomic mass is 16.5. The van der Waals surface area contributed by atoms with E-state index >= 15 is 0 Å². The van der Waals surface area contributed by atoms with Gasteiger partial charge in [0, 0.05) is 13.1 Å². The van der Waals surface area contributed by atoms with E-state index in [1.54, 1.807) is 12.0 Å². The molecule has 2 aromatic rings. The summed E-state index contributed by atoms with van der Waals surface area (Å²) in [6.45, 7) is 8.86. The van der Waals surface area contributed by atoms with Gasteiger partial charge >= 0.3 is 0 Å². The number of hydrogen-bond donors (Lipinski definition) is 1. The van der Waals surface area contributed by atoms with Crippen LogP contribution < -0.4 is 14.8 Å². The van der Waals surface area contributed by atoms with Crippen molar-refractivity contribution in [2.24, 2.45) is 0 Å². The Kier molecular flexibility index (Phi) is 10.1. The van der Waals surface area contributed by atoms with Crippen molar-refractivity contribution in [3.63, 3.8) is 0 Å². The molecule has 0 saturated heterocycles. The van der Waals surface area contributed by atoms with Crippen molar-refractivity contribution in [3.8, 4) is 11.5 Å². The standard InChI is InChI=1S/C26H36N2O4/c1-6-16-27-26(30)23(7-2)28(17-20-12-14-21(31-5)15-13-20)25(29)18-32-24-11-9-8-10-22(24)19(3)4/h8-15,19,23H,6-7,16-18H2,1-5H3,(H,27,30)/t23-/m0/s1. The Morgan fingerprint density at radius 1 is 1.03 bits per heavy atom. The molecule has 6 nitrogen and oxygen atoms in total. The Bertz CT molecular complexity index is 864. The Balaban J connectivity index is 2.23. The second-order valence-corrected chi connectivity index (χ2v) is 8.07. The molecule has 0 aliphatic heterocycles. The third-order valence-corrected chi connectivity index (χ3v) is 5.34. The highest BCUT2D eigenvalue weighted by Gasteiger charge is 2.29. The van der Waals surface area contributed by atoms with Gasteiger partial charge in [0.15, 0.2) is 6.61 Å². The molecule has 1 N–H and O–H groups in total. The zero-order valence-corrected chi connectivity index (χ0v) is 19.9. The van der Waals surface area contributed by atoms with E-state index in [2.05, 4.69) is 19.2 Å². The van der Waals surface area contributed by atoms with Crippen LogP contribution in [-0.4, -0.2) is 43.0 Å². The number of benzene rings is 2. The number of nitrogens with one attached hydrogen (secondary N) is 1. The van der Waals surface area contributed by atoms with Crippen LogP contribution in [0.4, 0.5) is 0 Å². The van der Waals surface area contributed by atoms with Gasteiger partial charge in [-0.25, -0.2) is 0 Å². The topological polar surface area (TPSA) is 67.9 Å². The molecule has 1 atom stereocenters. The summed E-state index contributed by atoms with van der Waals surface area (Å²) < 4.78 is 11.2. The van der Waals surface area contributed by atoms with Crippen LogP contribution in [-0.2, 0) is 16.1 Å². The summed E-state index contributed by atoms with van der Waals surface area (Å²) in [7, 11) is 1.61. The normalized spacial score (nSPS) is 11.7. The third kappa shape index (κ3) is 7.01. The van der Waals surface area contributed by atoms with Crippen LogP contribution >= 0.6 is 0 Å². The number of carbonyl (C=O) groups is 2. The van der Waals surface area contributed by atoms with Crippen LogP contribution in [0, 0.1) is 0 Å². The van der Waals surface area contributed by atoms with Crippen LogP contribution in [0.25, 0.3) is 0 Å². The maximum Gasteiger partial charge on any atom is 0.261 e. The van der Waals surface area contributed by atoms with Gasteiger partial charge in [-0.2, -0.15) is 0 Å². The third-order valence-electron chi connectivity index (χ3n) is 5.34. The average molecular weight is 441 g/mol. The zero-order chi connectivity index (χ0) is 23.5. The fraction of sp³-hybridized carbons (Fsp3) is 0.462. The first-order chi connectivity index (χ1) is 15.4. The maximum absolute atomic E-state index is 13.3. The summed E-state index contributed by atoms with van der Waals surface area (Å²) in [6, 6.07) is 14.7. The first-order valence-electron chi connectivity index (χ1n) is 11.3. The van der Waals surface area contributed by atoms with Crippen molar-refractivity contribution in [1.82, 2.24) is 10.2 Å². The minimum atomic E-state index is -0.569. The average Bonchev–Trinajstić information content (AvgIpc) is 2.81. The second-order valence-electron chi connectivity index (χ2n) is 8.07. The van der Waals surface area contributed by atoms with Gasteiger partial charge in [-0.15, -0.1) is 0 Å². The van der Waals surface area contributed by atoms with Gasteiger partial charge < -0.3 is 19.7 Å². The molecule has 0 aromatic heterocycles. The molecule has 0 fully saturated rings. The number of ether oxygens (including phenoxy) is 2. The lowest BCUT2D eigenvalue weighted by Gasteiger charge is -2.30. The summed E-state index contributed by atoms with van der Waals surface area (Å²) in [6.07, 6.45) is 1.35. The van der Waals surface area contributed by atoms with Gasteiger partial charge in [0.1, 0.15) is 17.5 Å². The largest absolute Gasteiger partial charge is 0.497 e. The number of para-hydroxylation sites is 1. The van der Waals surface area contributed by atoms with E-state index in [1.807, 2.05) is 62.4 Å². The molecule has 2 amide bonds. The number of hydrogen-bond acceptors (Lipinski definition) is 4. The number of methoxy groups -OCH3 is 1. The lowest BCUT2D eigenvalue weighted by atomic mass is 10.0. The highest BCUT2D eigenvalue weighted by Crippen LogP contribution is 2.26. The minimum absolute atomic E-state index is 0.128. The number of nitrogens with zero attached hydrogens (tertiary/aromatic N) is 1. The minimum Gasteiger partial charge on any atom is -0.497 e. The quantitative estimate of drug-likeness (QED) is 0.526. The Morgan fingerprint density at radius 2 is 1.72 bits per heavy atom. The van der Waals surface area contributed by atoms with Crippen LogP contribution in [0.2, 0.25) is 0 Å². The van der Waals surface area contributed by atoms with Crippen LogP contribution in [0.15, 0.2) is 48.5 Å². The number of rotatable bonds is 12. The molecule has 0 spiro atoms. The van der Waals surface area contributed by atoms with Crippen molar-refractivity contribution in [1.29, 1.82) is 0 Å². The first kappa shape index (κ1) is 25.2. The van der Waals surface area contributed by atoms with E-state index in [-0.39, 0.29) is 24.3 Å². The Labute approximate surface area is 191 Å². The van der Waals surface area contributed by atoms with Crippen molar-refractivity contribution in [3.05, 3.63) is 59.7 Å². The van der Waals surface area contributed by atoms with E-state index in [1.165, 1.54) is 0 Å². The van der Waals surface area contributed by atoms with Crippen molar-refractivity contribution in [2.75, 3.05) is 20.3 Å². The van der Waals surface area contributed by atoms with E-state index < -0.39 is 6.04 Å². The van der Waals surface area contributed by atoms with Gasteiger partial charge in [0.25, 0.3) is 5.91 Å². The van der Waals surface area contributed by atoms with E-state index in [9.17, 15) is 9.59 Å². The summed E-state index contributed by atoms with van der Waals surface area (Å²) in [5.74, 6) is 1.35. The predicted octanol–water partition coefficient (Wildman–Crippen LogP) is 4.53. The molecule has 32 heavy (non-hydrogen) atoms. The lowest BCUT2D eigenvalue weighted by Crippen LogP contribution is -2.50. The monoisotopic (exact) mass is 440 g/mol. The van der Waals surface area contributed by atoms with E-state index in [0.717, 1.165) is 23.3 Å². The van der Waals surface area contributed by atoms with Crippen LogP contribution in [0.3, 0.4) is 0 Å². The summed E-state index contributed by atoms with van der Waals surface area (Å²) in [4.78, 5) is 27.7. The van der Waals surface area contributed by atoms with Crippen molar-refractivity contribution in [2.45, 2.75) is 59.0 Å². The fourth-order valence-electron chi connectivity index (χ4n) is 3.52. The van der Waals surface area contributed by atoms with Gasteiger partial charge in [-0.3, -0.25) is 9.59 Å².